The predicted molar refractivity (Wildman–Crippen MR) is 121 cm³/mol. The Bertz CT molecular complexity index is 936. The topological polar surface area (TPSA) is 87.3 Å². The zero-order valence-corrected chi connectivity index (χ0v) is 19.2. The van der Waals surface area contributed by atoms with Gasteiger partial charge in [0.05, 0.1) is 18.2 Å². The van der Waals surface area contributed by atoms with E-state index in [1.54, 1.807) is 31.4 Å². The number of nitrogens with one attached hydrogen (secondary N) is 2. The highest BCUT2D eigenvalue weighted by molar-refractivity contribution is 7.89. The number of hydrogen-bond donors (Lipinski definition) is 2. The molecule has 2 aromatic rings. The molecule has 1 saturated heterocycles. The highest BCUT2D eigenvalue weighted by Crippen LogP contribution is 2.33. The van der Waals surface area contributed by atoms with E-state index in [2.05, 4.69) is 19.8 Å². The van der Waals surface area contributed by atoms with E-state index in [0.29, 0.717) is 24.1 Å². The average Bonchev–Trinajstić information content (AvgIpc) is 3.27. The number of likely N-dealkylation sites (tertiary alicyclic amines) is 1. The molecule has 170 valence electrons. The normalized spacial score (nSPS) is 21.3. The minimum absolute atomic E-state index is 0.275. The van der Waals surface area contributed by atoms with Crippen molar-refractivity contribution in [2.45, 2.75) is 62.3 Å². The average molecular weight is 447 g/mol. The van der Waals surface area contributed by atoms with Crippen molar-refractivity contribution in [1.82, 2.24) is 19.8 Å². The van der Waals surface area contributed by atoms with Crippen LogP contribution in [0.4, 0.5) is 0 Å². The van der Waals surface area contributed by atoms with E-state index in [-0.39, 0.29) is 4.90 Å². The minimum atomic E-state index is -3.51. The van der Waals surface area contributed by atoms with E-state index in [9.17, 15) is 8.42 Å². The quantitative estimate of drug-likeness (QED) is 0.646. The number of aromatic amines is 1. The van der Waals surface area contributed by atoms with Crippen LogP contribution in [-0.4, -0.2) is 50.3 Å². The second-order valence-electron chi connectivity index (χ2n) is 8.91. The van der Waals surface area contributed by atoms with Crippen molar-refractivity contribution in [1.29, 1.82) is 0 Å². The van der Waals surface area contributed by atoms with Crippen molar-refractivity contribution >= 4 is 10.0 Å². The second kappa shape index (κ2) is 10.1. The molecular weight excluding hydrogens is 412 g/mol. The molecule has 2 heterocycles. The highest BCUT2D eigenvalue weighted by atomic mass is 32.2. The summed E-state index contributed by atoms with van der Waals surface area (Å²) < 4.78 is 33.2. The van der Waals surface area contributed by atoms with Crippen molar-refractivity contribution < 1.29 is 13.2 Å². The molecule has 1 aliphatic heterocycles. The van der Waals surface area contributed by atoms with Crippen LogP contribution in [-0.2, 0) is 16.6 Å². The monoisotopic (exact) mass is 446 g/mol. The fraction of sp³-hybridized carbons (Fsp3) is 0.609. The van der Waals surface area contributed by atoms with Crippen LogP contribution >= 0.6 is 0 Å². The summed E-state index contributed by atoms with van der Waals surface area (Å²) in [4.78, 5) is 2.73. The van der Waals surface area contributed by atoms with Gasteiger partial charge in [-0.15, -0.1) is 0 Å². The molecule has 8 heteroatoms. The SMILES string of the molecule is COc1ccc(S(=O)(=O)NCC2CCCN(Cc3cn[nH]c3C3CCCCC3)C2)cc1. The molecule has 1 aromatic carbocycles. The van der Waals surface area contributed by atoms with Crippen LogP contribution in [0.1, 0.15) is 62.1 Å². The van der Waals surface area contributed by atoms with Crippen molar-refractivity contribution in [3.63, 3.8) is 0 Å². The molecule has 0 spiro atoms. The molecular formula is C23H34N4O3S. The lowest BCUT2D eigenvalue weighted by Crippen LogP contribution is -2.40. The standard InChI is InChI=1S/C23H34N4O3S/c1-30-21-9-11-22(12-10-21)31(28,29)25-14-18-6-5-13-27(16-18)17-20-15-24-26-23(20)19-7-3-2-4-8-19/h9-12,15,18-19,25H,2-8,13-14,16-17H2,1H3,(H,24,26). The summed E-state index contributed by atoms with van der Waals surface area (Å²) in [5.74, 6) is 1.57. The zero-order valence-electron chi connectivity index (χ0n) is 18.3. The lowest BCUT2D eigenvalue weighted by molar-refractivity contribution is 0.168. The molecule has 2 N–H and O–H groups in total. The summed E-state index contributed by atoms with van der Waals surface area (Å²) in [6, 6.07) is 6.51. The zero-order chi connectivity index (χ0) is 21.7. The maximum atomic E-state index is 12.7. The Morgan fingerprint density at radius 1 is 1.13 bits per heavy atom. The van der Waals surface area contributed by atoms with Gasteiger partial charge in [-0.25, -0.2) is 13.1 Å². The van der Waals surface area contributed by atoms with Crippen molar-refractivity contribution in [2.24, 2.45) is 5.92 Å². The largest absolute Gasteiger partial charge is 0.497 e. The second-order valence-corrected chi connectivity index (χ2v) is 10.7. The molecule has 2 aliphatic rings. The maximum absolute atomic E-state index is 12.7. The number of rotatable bonds is 8. The summed E-state index contributed by atoms with van der Waals surface area (Å²) in [5.41, 5.74) is 2.63. The summed E-state index contributed by atoms with van der Waals surface area (Å²) in [7, 11) is -1.94. The molecule has 4 rings (SSSR count). The van der Waals surface area contributed by atoms with E-state index in [4.69, 9.17) is 4.74 Å². The molecule has 0 amide bonds. The number of H-pyrrole nitrogens is 1. The number of sulfonamides is 1. The summed E-state index contributed by atoms with van der Waals surface area (Å²) in [5, 5.41) is 7.61. The van der Waals surface area contributed by atoms with Crippen LogP contribution in [0.15, 0.2) is 35.4 Å². The lowest BCUT2D eigenvalue weighted by Gasteiger charge is -2.33. The van der Waals surface area contributed by atoms with E-state index < -0.39 is 10.0 Å². The summed E-state index contributed by atoms with van der Waals surface area (Å²) in [6.07, 6.45) is 10.6. The van der Waals surface area contributed by atoms with Gasteiger partial charge >= 0.3 is 0 Å². The lowest BCUT2D eigenvalue weighted by atomic mass is 9.85. The number of aromatic nitrogens is 2. The van der Waals surface area contributed by atoms with Gasteiger partial charge in [-0.05, 0) is 62.4 Å². The third-order valence-electron chi connectivity index (χ3n) is 6.69. The minimum Gasteiger partial charge on any atom is -0.497 e. The summed E-state index contributed by atoms with van der Waals surface area (Å²) in [6.45, 7) is 3.31. The Balaban J connectivity index is 1.32. The van der Waals surface area contributed by atoms with E-state index in [0.717, 1.165) is 32.5 Å². The van der Waals surface area contributed by atoms with Crippen molar-refractivity contribution in [2.75, 3.05) is 26.7 Å². The van der Waals surface area contributed by atoms with Gasteiger partial charge in [-0.3, -0.25) is 10.00 Å². The van der Waals surface area contributed by atoms with Gasteiger partial charge in [0.15, 0.2) is 0 Å². The Morgan fingerprint density at radius 3 is 2.65 bits per heavy atom. The molecule has 0 bridgehead atoms. The number of benzene rings is 1. The van der Waals surface area contributed by atoms with E-state index >= 15 is 0 Å². The molecule has 1 aromatic heterocycles. The number of methoxy groups -OCH3 is 1. The van der Waals surface area contributed by atoms with E-state index in [1.807, 2.05) is 6.20 Å². The van der Waals surface area contributed by atoms with Crippen molar-refractivity contribution in [3.05, 3.63) is 41.7 Å². The van der Waals surface area contributed by atoms with Crippen LogP contribution in [0.25, 0.3) is 0 Å². The van der Waals surface area contributed by atoms with Crippen LogP contribution in [0.2, 0.25) is 0 Å². The molecule has 0 radical (unpaired) electrons. The first-order chi connectivity index (χ1) is 15.0. The van der Waals surface area contributed by atoms with Gasteiger partial charge < -0.3 is 4.74 Å². The Hall–Kier alpha value is -1.90. The molecule has 1 atom stereocenters. The van der Waals surface area contributed by atoms with Crippen molar-refractivity contribution in [3.8, 4) is 5.75 Å². The van der Waals surface area contributed by atoms with Gasteiger partial charge in [-0.2, -0.15) is 5.10 Å². The van der Waals surface area contributed by atoms with Crippen LogP contribution < -0.4 is 9.46 Å². The summed E-state index contributed by atoms with van der Waals surface area (Å²) >= 11 is 0. The third kappa shape index (κ3) is 5.67. The van der Waals surface area contributed by atoms with Gasteiger partial charge in [0.25, 0.3) is 0 Å². The molecule has 31 heavy (non-hydrogen) atoms. The smallest absolute Gasteiger partial charge is 0.240 e. The van der Waals surface area contributed by atoms with E-state index in [1.165, 1.54) is 43.4 Å². The fourth-order valence-corrected chi connectivity index (χ4v) is 6.08. The van der Waals surface area contributed by atoms with Crippen LogP contribution in [0.3, 0.4) is 0 Å². The molecule has 1 aliphatic carbocycles. The highest BCUT2D eigenvalue weighted by Gasteiger charge is 2.25. The first-order valence-corrected chi connectivity index (χ1v) is 12.9. The number of nitrogens with zero attached hydrogens (tertiary/aromatic N) is 2. The number of hydrogen-bond acceptors (Lipinski definition) is 5. The number of piperidine rings is 1. The van der Waals surface area contributed by atoms with Gasteiger partial charge in [0.2, 0.25) is 10.0 Å². The molecule has 1 saturated carbocycles. The van der Waals surface area contributed by atoms with Crippen LogP contribution in [0, 0.1) is 5.92 Å². The fourth-order valence-electron chi connectivity index (χ4n) is 4.96. The molecule has 7 nitrogen and oxygen atoms in total. The molecule has 2 fully saturated rings. The predicted octanol–water partition coefficient (Wildman–Crippen LogP) is 3.66. The number of ether oxygens (including phenoxy) is 1. The Morgan fingerprint density at radius 2 is 1.90 bits per heavy atom. The van der Waals surface area contributed by atoms with Gasteiger partial charge in [0.1, 0.15) is 5.75 Å². The molecule has 1 unspecified atom stereocenters. The maximum Gasteiger partial charge on any atom is 0.240 e. The first-order valence-electron chi connectivity index (χ1n) is 11.4. The third-order valence-corrected chi connectivity index (χ3v) is 8.13. The van der Waals surface area contributed by atoms with Gasteiger partial charge in [-0.1, -0.05) is 19.3 Å². The Labute approximate surface area is 185 Å². The Kier molecular flexibility index (Phi) is 7.30. The first kappa shape index (κ1) is 22.3. The van der Waals surface area contributed by atoms with Crippen LogP contribution in [0.5, 0.6) is 5.75 Å². The van der Waals surface area contributed by atoms with Gasteiger partial charge in [0, 0.05) is 36.8 Å².